The molecule has 0 spiro atoms. The normalized spacial score (nSPS) is 11.6. The Morgan fingerprint density at radius 2 is 1.85 bits per heavy atom. The number of nitrogens with zero attached hydrogens (tertiary/aromatic N) is 1. The average molecular weight is 307 g/mol. The van der Waals surface area contributed by atoms with E-state index in [0.717, 1.165) is 6.20 Å². The molecule has 3 N–H and O–H groups in total. The Hall–Kier alpha value is -2.07. The highest BCUT2D eigenvalue weighted by Gasteiger charge is 2.23. The SMILES string of the molecule is O=S(=O)(Nc1cc(F)c(F)cc1F)c1[nH]ncc1CO. The lowest BCUT2D eigenvalue weighted by Gasteiger charge is -2.09. The molecule has 0 aliphatic heterocycles. The minimum atomic E-state index is -4.32. The van der Waals surface area contributed by atoms with E-state index in [4.69, 9.17) is 5.11 Å². The highest BCUT2D eigenvalue weighted by atomic mass is 32.2. The molecule has 0 bridgehead atoms. The van der Waals surface area contributed by atoms with Crippen LogP contribution in [-0.2, 0) is 16.6 Å². The predicted octanol–water partition coefficient (Wildman–Crippen LogP) is 1.12. The summed E-state index contributed by atoms with van der Waals surface area (Å²) >= 11 is 0. The smallest absolute Gasteiger partial charge is 0.279 e. The first-order chi connectivity index (χ1) is 9.35. The van der Waals surface area contributed by atoms with E-state index in [-0.39, 0.29) is 11.6 Å². The number of rotatable bonds is 4. The molecule has 20 heavy (non-hydrogen) atoms. The van der Waals surface area contributed by atoms with Crippen LogP contribution in [0.25, 0.3) is 0 Å². The van der Waals surface area contributed by atoms with Gasteiger partial charge in [0.2, 0.25) is 0 Å². The number of aliphatic hydroxyl groups excluding tert-OH is 1. The van der Waals surface area contributed by atoms with E-state index in [1.165, 1.54) is 0 Å². The van der Waals surface area contributed by atoms with Gasteiger partial charge in [-0.25, -0.2) is 13.2 Å². The first kappa shape index (κ1) is 14.3. The fourth-order valence-electron chi connectivity index (χ4n) is 1.44. The van der Waals surface area contributed by atoms with Crippen LogP contribution in [0.15, 0.2) is 23.4 Å². The lowest BCUT2D eigenvalue weighted by molar-refractivity contribution is 0.278. The molecule has 0 aliphatic rings. The van der Waals surface area contributed by atoms with Crippen molar-refractivity contribution in [2.75, 3.05) is 4.72 Å². The van der Waals surface area contributed by atoms with Gasteiger partial charge >= 0.3 is 0 Å². The zero-order valence-electron chi connectivity index (χ0n) is 9.69. The molecule has 0 saturated heterocycles. The monoisotopic (exact) mass is 307 g/mol. The van der Waals surface area contributed by atoms with Crippen molar-refractivity contribution >= 4 is 15.7 Å². The van der Waals surface area contributed by atoms with Crippen molar-refractivity contribution in [2.45, 2.75) is 11.6 Å². The van der Waals surface area contributed by atoms with E-state index in [1.807, 2.05) is 0 Å². The standard InChI is InChI=1S/C10H8F3N3O3S/c11-6-1-8(13)9(2-7(6)12)16-20(18,19)10-5(4-17)3-14-15-10/h1-3,16-17H,4H2,(H,14,15). The number of hydrogen-bond acceptors (Lipinski definition) is 4. The molecular formula is C10H8F3N3O3S. The van der Waals surface area contributed by atoms with Gasteiger partial charge in [-0.3, -0.25) is 9.82 Å². The van der Waals surface area contributed by atoms with Crippen LogP contribution in [-0.4, -0.2) is 23.7 Å². The summed E-state index contributed by atoms with van der Waals surface area (Å²) < 4.78 is 64.7. The summed E-state index contributed by atoms with van der Waals surface area (Å²) in [6.45, 7) is -0.618. The quantitative estimate of drug-likeness (QED) is 0.738. The summed E-state index contributed by atoms with van der Waals surface area (Å²) in [6.07, 6.45) is 1.07. The molecule has 1 heterocycles. The summed E-state index contributed by atoms with van der Waals surface area (Å²) in [4.78, 5) is 0. The molecule has 0 saturated carbocycles. The minimum Gasteiger partial charge on any atom is -0.392 e. The minimum absolute atomic E-state index is 0.0551. The largest absolute Gasteiger partial charge is 0.392 e. The van der Waals surface area contributed by atoms with Crippen LogP contribution in [0.2, 0.25) is 0 Å². The molecule has 10 heteroatoms. The Morgan fingerprint density at radius 3 is 2.50 bits per heavy atom. The van der Waals surface area contributed by atoms with Crippen LogP contribution in [0.1, 0.15) is 5.56 Å². The molecule has 6 nitrogen and oxygen atoms in total. The van der Waals surface area contributed by atoms with E-state index < -0.39 is 44.8 Å². The third kappa shape index (κ3) is 2.60. The Labute approximate surface area is 111 Å². The maximum absolute atomic E-state index is 13.4. The van der Waals surface area contributed by atoms with E-state index in [9.17, 15) is 21.6 Å². The number of benzene rings is 1. The zero-order valence-corrected chi connectivity index (χ0v) is 10.5. The highest BCUT2D eigenvalue weighted by molar-refractivity contribution is 7.92. The third-order valence-corrected chi connectivity index (χ3v) is 3.75. The van der Waals surface area contributed by atoms with Crippen LogP contribution in [0.4, 0.5) is 18.9 Å². The van der Waals surface area contributed by atoms with Crippen molar-refractivity contribution in [3.05, 3.63) is 41.3 Å². The first-order valence-corrected chi connectivity index (χ1v) is 6.64. The fourth-order valence-corrected chi connectivity index (χ4v) is 2.62. The molecular weight excluding hydrogens is 299 g/mol. The van der Waals surface area contributed by atoms with E-state index in [1.54, 1.807) is 4.72 Å². The van der Waals surface area contributed by atoms with E-state index in [2.05, 4.69) is 10.2 Å². The van der Waals surface area contributed by atoms with Crippen molar-refractivity contribution in [3.8, 4) is 0 Å². The fraction of sp³-hybridized carbons (Fsp3) is 0.100. The van der Waals surface area contributed by atoms with Crippen LogP contribution in [0.5, 0.6) is 0 Å². The van der Waals surface area contributed by atoms with Crippen LogP contribution in [0, 0.1) is 17.5 Å². The van der Waals surface area contributed by atoms with Gasteiger partial charge in [-0.05, 0) is 0 Å². The molecule has 0 aliphatic carbocycles. The first-order valence-electron chi connectivity index (χ1n) is 5.15. The number of aromatic nitrogens is 2. The van der Waals surface area contributed by atoms with Crippen LogP contribution in [0.3, 0.4) is 0 Å². The van der Waals surface area contributed by atoms with Gasteiger partial charge in [-0.1, -0.05) is 0 Å². The summed E-state index contributed by atoms with van der Waals surface area (Å²) in [7, 11) is -4.32. The van der Waals surface area contributed by atoms with E-state index in [0.29, 0.717) is 6.07 Å². The molecule has 0 atom stereocenters. The molecule has 2 aromatic rings. The molecule has 2 rings (SSSR count). The molecule has 0 unspecified atom stereocenters. The Bertz CT molecular complexity index is 745. The topological polar surface area (TPSA) is 95.1 Å². The van der Waals surface area contributed by atoms with Crippen LogP contribution >= 0.6 is 0 Å². The Kier molecular flexibility index (Phi) is 3.68. The third-order valence-electron chi connectivity index (χ3n) is 2.37. The number of aromatic amines is 1. The number of sulfonamides is 1. The van der Waals surface area contributed by atoms with Gasteiger partial charge in [0, 0.05) is 17.7 Å². The van der Waals surface area contributed by atoms with Crippen molar-refractivity contribution in [3.63, 3.8) is 0 Å². The molecule has 0 amide bonds. The molecule has 1 aromatic heterocycles. The lowest BCUT2D eigenvalue weighted by atomic mass is 10.3. The van der Waals surface area contributed by atoms with Gasteiger partial charge in [0.05, 0.1) is 18.5 Å². The van der Waals surface area contributed by atoms with Gasteiger partial charge in [-0.15, -0.1) is 0 Å². The van der Waals surface area contributed by atoms with Gasteiger partial charge in [0.25, 0.3) is 10.0 Å². The van der Waals surface area contributed by atoms with Crippen molar-refractivity contribution < 1.29 is 26.7 Å². The zero-order chi connectivity index (χ0) is 14.9. The second kappa shape index (κ2) is 5.13. The number of aliphatic hydroxyl groups is 1. The second-order valence-electron chi connectivity index (χ2n) is 3.73. The number of nitrogens with one attached hydrogen (secondary N) is 2. The molecule has 108 valence electrons. The summed E-state index contributed by atoms with van der Waals surface area (Å²) in [5, 5.41) is 14.0. The maximum atomic E-state index is 13.4. The second-order valence-corrected chi connectivity index (χ2v) is 5.35. The van der Waals surface area contributed by atoms with Gasteiger partial charge in [-0.2, -0.15) is 13.5 Å². The van der Waals surface area contributed by atoms with Gasteiger partial charge in [0.1, 0.15) is 5.82 Å². The Balaban J connectivity index is 2.41. The predicted molar refractivity (Wildman–Crippen MR) is 61.6 cm³/mol. The molecule has 1 aromatic carbocycles. The van der Waals surface area contributed by atoms with Crippen molar-refractivity contribution in [1.82, 2.24) is 10.2 Å². The number of halogens is 3. The molecule has 0 radical (unpaired) electrons. The average Bonchev–Trinajstić information content (AvgIpc) is 2.84. The lowest BCUT2D eigenvalue weighted by Crippen LogP contribution is -2.16. The Morgan fingerprint density at radius 1 is 1.20 bits per heavy atom. The summed E-state index contributed by atoms with van der Waals surface area (Å²) in [6, 6.07) is 0.588. The number of anilines is 1. The van der Waals surface area contributed by atoms with Gasteiger partial charge in [0.15, 0.2) is 16.7 Å². The van der Waals surface area contributed by atoms with Crippen LogP contribution < -0.4 is 4.72 Å². The number of hydrogen-bond donors (Lipinski definition) is 3. The van der Waals surface area contributed by atoms with Gasteiger partial charge < -0.3 is 5.11 Å². The number of H-pyrrole nitrogens is 1. The summed E-state index contributed by atoms with van der Waals surface area (Å²) in [5.41, 5.74) is -0.817. The molecule has 0 fully saturated rings. The summed E-state index contributed by atoms with van der Waals surface area (Å²) in [5.74, 6) is -4.13. The maximum Gasteiger partial charge on any atom is 0.279 e. The van der Waals surface area contributed by atoms with Crippen molar-refractivity contribution in [1.29, 1.82) is 0 Å². The highest BCUT2D eigenvalue weighted by Crippen LogP contribution is 2.22. The van der Waals surface area contributed by atoms with Crippen molar-refractivity contribution in [2.24, 2.45) is 0 Å². The van der Waals surface area contributed by atoms with E-state index >= 15 is 0 Å².